The van der Waals surface area contributed by atoms with Gasteiger partial charge in [-0.25, -0.2) is 4.79 Å². The molecule has 0 aliphatic heterocycles. The van der Waals surface area contributed by atoms with E-state index in [0.717, 1.165) is 11.1 Å². The number of rotatable bonds is 8. The molecule has 44 heavy (non-hydrogen) atoms. The summed E-state index contributed by atoms with van der Waals surface area (Å²) in [7, 11) is 1.80. The van der Waals surface area contributed by atoms with Gasteiger partial charge in [0.25, 0.3) is 0 Å². The fourth-order valence-corrected chi connectivity index (χ4v) is 5.26. The highest BCUT2D eigenvalue weighted by Gasteiger charge is 2.44. The zero-order valence-electron chi connectivity index (χ0n) is 26.1. The number of ketones is 1. The molecule has 0 aliphatic carbocycles. The Morgan fingerprint density at radius 3 is 2.23 bits per heavy atom. The van der Waals surface area contributed by atoms with Crippen molar-refractivity contribution in [3.63, 3.8) is 0 Å². The van der Waals surface area contributed by atoms with E-state index in [2.05, 4.69) is 15.6 Å². The van der Waals surface area contributed by atoms with E-state index in [1.54, 1.807) is 103 Å². The molecule has 4 rings (SSSR count). The van der Waals surface area contributed by atoms with Crippen molar-refractivity contribution in [2.45, 2.75) is 60.1 Å². The van der Waals surface area contributed by atoms with Crippen molar-refractivity contribution >= 4 is 29.4 Å². The molecule has 10 nitrogen and oxygen atoms in total. The Morgan fingerprint density at radius 1 is 1.02 bits per heavy atom. The number of hydrogen-bond donors (Lipinski definition) is 2. The first kappa shape index (κ1) is 32.5. The van der Waals surface area contributed by atoms with E-state index in [9.17, 15) is 19.5 Å². The number of benzene rings is 2. The van der Waals surface area contributed by atoms with Gasteiger partial charge in [-0.05, 0) is 74.6 Å². The fourth-order valence-electron chi connectivity index (χ4n) is 5.13. The zero-order chi connectivity index (χ0) is 32.6. The quantitative estimate of drug-likeness (QED) is 0.197. The van der Waals surface area contributed by atoms with Crippen molar-refractivity contribution in [1.82, 2.24) is 20.3 Å². The van der Waals surface area contributed by atoms with Crippen LogP contribution in [0, 0.1) is 18.3 Å². The molecular formula is C33H37ClN4O6. The van der Waals surface area contributed by atoms with Crippen molar-refractivity contribution < 1.29 is 28.8 Å². The second-order valence-electron chi connectivity index (χ2n) is 12.8. The number of hydrogen-bond acceptors (Lipinski definition) is 7. The number of aromatic nitrogens is 3. The van der Waals surface area contributed by atoms with Gasteiger partial charge in [0.2, 0.25) is 0 Å². The number of carbonyl (C=O) groups is 3. The molecule has 1 amide bonds. The summed E-state index contributed by atoms with van der Waals surface area (Å²) in [6.45, 7) is 12.1. The summed E-state index contributed by atoms with van der Waals surface area (Å²) in [6, 6.07) is 10.7. The summed E-state index contributed by atoms with van der Waals surface area (Å²) in [6.07, 6.45) is 2.72. The van der Waals surface area contributed by atoms with Gasteiger partial charge < -0.3 is 19.7 Å². The minimum Gasteiger partial charge on any atom is -0.481 e. The summed E-state index contributed by atoms with van der Waals surface area (Å²) in [5, 5.41) is 22.1. The normalized spacial score (nSPS) is 13.3. The van der Waals surface area contributed by atoms with Crippen molar-refractivity contribution in [2.75, 3.05) is 0 Å². The van der Waals surface area contributed by atoms with Crippen molar-refractivity contribution in [1.29, 1.82) is 0 Å². The lowest BCUT2D eigenvalue weighted by Gasteiger charge is -2.34. The second-order valence-corrected chi connectivity index (χ2v) is 13.2. The molecule has 0 aliphatic rings. The van der Waals surface area contributed by atoms with E-state index in [1.807, 2.05) is 12.3 Å². The Balaban J connectivity index is 1.96. The minimum absolute atomic E-state index is 0.0926. The maximum atomic E-state index is 14.1. The molecule has 0 bridgehead atoms. The van der Waals surface area contributed by atoms with Crippen LogP contribution in [0.15, 0.2) is 59.4 Å². The van der Waals surface area contributed by atoms with Gasteiger partial charge in [0.05, 0.1) is 23.4 Å². The Kier molecular flexibility index (Phi) is 9.06. The monoisotopic (exact) mass is 620 g/mol. The van der Waals surface area contributed by atoms with Gasteiger partial charge in [-0.3, -0.25) is 14.3 Å². The van der Waals surface area contributed by atoms with Crippen molar-refractivity contribution in [2.24, 2.45) is 18.4 Å². The largest absolute Gasteiger partial charge is 0.481 e. The average molecular weight is 621 g/mol. The van der Waals surface area contributed by atoms with Crippen LogP contribution in [0.25, 0.3) is 22.3 Å². The van der Waals surface area contributed by atoms with Gasteiger partial charge in [0.1, 0.15) is 11.6 Å². The fraction of sp³-hybridized carbons (Fsp3) is 0.364. The van der Waals surface area contributed by atoms with Crippen LogP contribution in [0.5, 0.6) is 0 Å². The highest BCUT2D eigenvalue weighted by molar-refractivity contribution is 6.30. The summed E-state index contributed by atoms with van der Waals surface area (Å²) in [5.41, 5.74) is 1.86. The van der Waals surface area contributed by atoms with Gasteiger partial charge in [-0.2, -0.15) is 5.10 Å². The number of nitrogens with one attached hydrogen (secondary N) is 1. The summed E-state index contributed by atoms with van der Waals surface area (Å²) >= 11 is 6.10. The number of carboxylic acids is 1. The molecule has 11 heteroatoms. The molecule has 0 fully saturated rings. The lowest BCUT2D eigenvalue weighted by atomic mass is 9.74. The summed E-state index contributed by atoms with van der Waals surface area (Å²) in [5.74, 6) is -2.51. The van der Waals surface area contributed by atoms with Gasteiger partial charge >= 0.3 is 12.1 Å². The minimum atomic E-state index is -1.20. The first-order valence-electron chi connectivity index (χ1n) is 14.1. The molecule has 2 atom stereocenters. The number of aryl methyl sites for hydroxylation is 2. The Labute approximate surface area is 261 Å². The molecule has 0 saturated heterocycles. The molecular weight excluding hydrogens is 584 g/mol. The number of halogens is 1. The van der Waals surface area contributed by atoms with Crippen LogP contribution in [0.3, 0.4) is 0 Å². The Hall–Kier alpha value is -4.44. The molecule has 232 valence electrons. The highest BCUT2D eigenvalue weighted by Crippen LogP contribution is 2.43. The summed E-state index contributed by atoms with van der Waals surface area (Å²) in [4.78, 5) is 39.9. The van der Waals surface area contributed by atoms with E-state index in [4.69, 9.17) is 20.9 Å². The number of amides is 1. The predicted octanol–water partition coefficient (Wildman–Crippen LogP) is 7.25. The number of aliphatic carboxylic acids is 1. The van der Waals surface area contributed by atoms with E-state index < -0.39 is 35.0 Å². The van der Waals surface area contributed by atoms with E-state index >= 15 is 0 Å². The van der Waals surface area contributed by atoms with Crippen LogP contribution in [0.4, 0.5) is 4.79 Å². The Bertz CT molecular complexity index is 1690. The third-order valence-corrected chi connectivity index (χ3v) is 7.31. The topological polar surface area (TPSA) is 137 Å². The van der Waals surface area contributed by atoms with Crippen molar-refractivity contribution in [3.8, 4) is 22.3 Å². The van der Waals surface area contributed by atoms with Crippen LogP contribution in [-0.2, 0) is 16.6 Å². The third kappa shape index (κ3) is 7.19. The number of carboxylic acid groups (broad SMARTS) is 1. The lowest BCUT2D eigenvalue weighted by Crippen LogP contribution is -2.44. The molecule has 2 aromatic heterocycles. The number of alkyl carbamates (subject to hydrolysis) is 1. The van der Waals surface area contributed by atoms with Crippen LogP contribution in [0.1, 0.15) is 75.0 Å². The molecule has 0 saturated carbocycles. The maximum Gasteiger partial charge on any atom is 0.408 e. The number of ether oxygens (including phenoxy) is 1. The van der Waals surface area contributed by atoms with E-state index in [1.165, 1.54) is 0 Å². The Morgan fingerprint density at radius 2 is 1.68 bits per heavy atom. The molecule has 4 aromatic rings. The highest BCUT2D eigenvalue weighted by atomic mass is 35.5. The molecule has 2 N–H and O–H groups in total. The van der Waals surface area contributed by atoms with Gasteiger partial charge in [-0.1, -0.05) is 49.7 Å². The smallest absolute Gasteiger partial charge is 0.408 e. The third-order valence-electron chi connectivity index (χ3n) is 7.05. The van der Waals surface area contributed by atoms with Crippen LogP contribution in [-0.4, -0.2) is 43.5 Å². The number of nitrogens with zero attached hydrogens (tertiary/aromatic N) is 3. The summed E-state index contributed by atoms with van der Waals surface area (Å²) < 4.78 is 13.0. The standard InChI is InChI=1S/C33H37ClN4O6/c1-18-25(29(44-37-18)27(26(30(40)41)32(2,3)4)36-31(42)43-33(5,6)7)23-14-11-20(21-16-35-38(8)17-21)15-24(23)28(39)19-9-12-22(34)13-10-19/h9-17,26-27H,1-8H3,(H,36,42)(H,40,41)/t26?,27-/m0/s1. The molecule has 2 aromatic carbocycles. The SMILES string of the molecule is Cc1noc([C@@H](NC(=O)OC(C)(C)C)C(C(=O)O)C(C)(C)C)c1-c1ccc(-c2cnn(C)c2)cc1C(=O)c1ccc(Cl)cc1. The average Bonchev–Trinajstić information content (AvgIpc) is 3.51. The van der Waals surface area contributed by atoms with E-state index in [-0.39, 0.29) is 11.5 Å². The second kappa shape index (κ2) is 12.3. The van der Waals surface area contributed by atoms with E-state index in [0.29, 0.717) is 33.0 Å². The van der Waals surface area contributed by atoms with Crippen LogP contribution >= 0.6 is 11.6 Å². The first-order valence-corrected chi connectivity index (χ1v) is 14.5. The van der Waals surface area contributed by atoms with Crippen LogP contribution in [0.2, 0.25) is 5.02 Å². The van der Waals surface area contributed by atoms with Gasteiger partial charge in [0.15, 0.2) is 11.5 Å². The lowest BCUT2D eigenvalue weighted by molar-refractivity contribution is -0.147. The molecule has 0 radical (unpaired) electrons. The predicted molar refractivity (Wildman–Crippen MR) is 166 cm³/mol. The number of carbonyl (C=O) groups excluding carboxylic acids is 2. The van der Waals surface area contributed by atoms with Gasteiger partial charge in [-0.15, -0.1) is 0 Å². The maximum absolute atomic E-state index is 14.1. The molecule has 1 unspecified atom stereocenters. The first-order chi connectivity index (χ1) is 20.5. The zero-order valence-corrected chi connectivity index (χ0v) is 26.8. The molecule has 2 heterocycles. The van der Waals surface area contributed by atoms with Crippen LogP contribution < -0.4 is 5.32 Å². The molecule has 0 spiro atoms. The van der Waals surface area contributed by atoms with Crippen molar-refractivity contribution in [3.05, 3.63) is 82.5 Å². The van der Waals surface area contributed by atoms with Gasteiger partial charge in [0, 0.05) is 35.0 Å².